The number of aromatic hydroxyl groups is 1. The highest BCUT2D eigenvalue weighted by Gasteiger charge is 2.76. The molecule has 4 aliphatic rings. The Kier molecular flexibility index (Phi) is 6.24. The Balaban J connectivity index is 1.50. The van der Waals surface area contributed by atoms with E-state index in [2.05, 4.69) is 6.58 Å². The van der Waals surface area contributed by atoms with Crippen LogP contribution in [0.15, 0.2) is 72.8 Å². The second-order valence-electron chi connectivity index (χ2n) is 11.1. The molecule has 2 aromatic rings. The molecular formula is C31H28Cl2N2O5. The van der Waals surface area contributed by atoms with Gasteiger partial charge < -0.3 is 5.11 Å². The van der Waals surface area contributed by atoms with Crippen molar-refractivity contribution in [2.45, 2.75) is 41.5 Å². The third-order valence-corrected chi connectivity index (χ3v) is 10.5. The third kappa shape index (κ3) is 3.43. The number of likely N-dealkylation sites (tertiary alicyclic amines) is 2. The van der Waals surface area contributed by atoms with E-state index in [-0.39, 0.29) is 37.0 Å². The summed E-state index contributed by atoms with van der Waals surface area (Å²) in [6.45, 7) is 3.90. The molecule has 0 bridgehead atoms. The van der Waals surface area contributed by atoms with Crippen LogP contribution in [0.25, 0.3) is 0 Å². The molecule has 2 heterocycles. The zero-order valence-corrected chi connectivity index (χ0v) is 23.4. The van der Waals surface area contributed by atoms with Gasteiger partial charge in [-0.1, -0.05) is 66.3 Å². The topological polar surface area (TPSA) is 95.0 Å². The normalized spacial score (nSPS) is 33.0. The van der Waals surface area contributed by atoms with Gasteiger partial charge in [-0.25, -0.2) is 0 Å². The summed E-state index contributed by atoms with van der Waals surface area (Å²) < 4.78 is 0. The molecule has 0 aromatic heterocycles. The molecule has 2 aromatic carbocycles. The van der Waals surface area contributed by atoms with Gasteiger partial charge in [-0.2, -0.15) is 0 Å². The summed E-state index contributed by atoms with van der Waals surface area (Å²) >= 11 is 14.4. The lowest BCUT2D eigenvalue weighted by molar-refractivity contribution is -0.141. The molecule has 2 saturated heterocycles. The van der Waals surface area contributed by atoms with E-state index in [1.165, 1.54) is 11.9 Å². The fraction of sp³-hybridized carbons (Fsp3) is 0.355. The van der Waals surface area contributed by atoms with Crippen molar-refractivity contribution >= 4 is 46.8 Å². The van der Waals surface area contributed by atoms with Gasteiger partial charge in [0.1, 0.15) is 5.75 Å². The van der Waals surface area contributed by atoms with Gasteiger partial charge in [-0.05, 0) is 36.3 Å². The Hall–Kier alpha value is -3.42. The summed E-state index contributed by atoms with van der Waals surface area (Å²) in [5.41, 5.74) is 2.41. The van der Waals surface area contributed by atoms with Crippen LogP contribution in [-0.2, 0) is 32.1 Å². The number of amides is 4. The van der Waals surface area contributed by atoms with E-state index in [1.54, 1.807) is 24.3 Å². The number of hydrogen-bond donors (Lipinski definition) is 1. The van der Waals surface area contributed by atoms with Crippen LogP contribution in [0.3, 0.4) is 0 Å². The van der Waals surface area contributed by atoms with Gasteiger partial charge >= 0.3 is 0 Å². The van der Waals surface area contributed by atoms with Crippen molar-refractivity contribution in [3.8, 4) is 5.75 Å². The van der Waals surface area contributed by atoms with E-state index in [4.69, 9.17) is 23.2 Å². The number of fused-ring (bicyclic) bond motifs is 4. The molecule has 40 heavy (non-hydrogen) atoms. The van der Waals surface area contributed by atoms with E-state index in [1.807, 2.05) is 36.4 Å². The SMILES string of the molecule is C=CCc1cccc(C2C3=CCC4C(=O)N(Cc5ccccc5)C(=O)C4C3CC3(Cl)C(=O)N(C)C(=O)C23Cl)c1O. The van der Waals surface area contributed by atoms with E-state index in [9.17, 15) is 24.3 Å². The van der Waals surface area contributed by atoms with Crippen molar-refractivity contribution in [2.75, 3.05) is 7.05 Å². The standard InChI is InChI=1S/C31H28Cl2N2O5/c1-3-8-18-11-7-12-21(25(18)36)24-19-13-14-20-23(27(38)35(26(20)37)16-17-9-5-4-6-10-17)22(19)15-30(32)28(39)34(2)29(40)31(24,30)33/h3-7,9-13,20,22-24,36H,1,8,14-16H2,2H3. The zero-order valence-electron chi connectivity index (χ0n) is 21.8. The lowest BCUT2D eigenvalue weighted by Crippen LogP contribution is -2.60. The van der Waals surface area contributed by atoms with E-state index in [0.29, 0.717) is 23.1 Å². The fourth-order valence-electron chi connectivity index (χ4n) is 7.24. The zero-order chi connectivity index (χ0) is 28.6. The van der Waals surface area contributed by atoms with Crippen molar-refractivity contribution in [3.63, 3.8) is 0 Å². The number of alkyl halides is 2. The van der Waals surface area contributed by atoms with Crippen molar-refractivity contribution < 1.29 is 24.3 Å². The van der Waals surface area contributed by atoms with Crippen molar-refractivity contribution in [1.82, 2.24) is 9.80 Å². The first-order chi connectivity index (χ1) is 19.1. The second-order valence-corrected chi connectivity index (χ2v) is 12.3. The Morgan fingerprint density at radius 3 is 2.42 bits per heavy atom. The predicted octanol–water partition coefficient (Wildman–Crippen LogP) is 4.31. The van der Waals surface area contributed by atoms with Crippen LogP contribution < -0.4 is 0 Å². The minimum Gasteiger partial charge on any atom is -0.507 e. The van der Waals surface area contributed by atoms with Crippen LogP contribution in [0.1, 0.15) is 35.4 Å². The van der Waals surface area contributed by atoms with Gasteiger partial charge in [0.15, 0.2) is 9.75 Å². The van der Waals surface area contributed by atoms with E-state index >= 15 is 0 Å². The maximum absolute atomic E-state index is 13.9. The summed E-state index contributed by atoms with van der Waals surface area (Å²) in [4.78, 5) is 53.1. The number of halogens is 2. The molecule has 4 amide bonds. The van der Waals surface area contributed by atoms with Crippen LogP contribution in [0.2, 0.25) is 0 Å². The van der Waals surface area contributed by atoms with E-state index in [0.717, 1.165) is 10.5 Å². The van der Waals surface area contributed by atoms with Gasteiger partial charge in [0, 0.05) is 18.5 Å². The number of phenols is 1. The molecule has 6 unspecified atom stereocenters. The molecule has 6 atom stereocenters. The minimum atomic E-state index is -1.94. The highest BCUT2D eigenvalue weighted by Crippen LogP contribution is 2.66. The summed E-state index contributed by atoms with van der Waals surface area (Å²) in [6, 6.07) is 14.4. The fourth-order valence-corrected chi connectivity index (χ4v) is 8.25. The Labute approximate surface area is 242 Å². The lowest BCUT2D eigenvalue weighted by atomic mass is 9.56. The second kappa shape index (κ2) is 9.32. The average Bonchev–Trinajstić information content (AvgIpc) is 3.26. The number of carbonyl (C=O) groups is 4. The van der Waals surface area contributed by atoms with Crippen LogP contribution in [0, 0.1) is 17.8 Å². The first-order valence-electron chi connectivity index (χ1n) is 13.3. The minimum absolute atomic E-state index is 0.0653. The van der Waals surface area contributed by atoms with Gasteiger partial charge in [0.25, 0.3) is 11.8 Å². The molecular weight excluding hydrogens is 551 g/mol. The number of nitrogens with zero attached hydrogens (tertiary/aromatic N) is 2. The number of imide groups is 2. The van der Waals surface area contributed by atoms with Gasteiger partial charge in [-0.3, -0.25) is 29.0 Å². The van der Waals surface area contributed by atoms with Crippen molar-refractivity contribution in [1.29, 1.82) is 0 Å². The molecule has 9 heteroatoms. The Morgan fingerprint density at radius 1 is 1.00 bits per heavy atom. The molecule has 7 nitrogen and oxygen atoms in total. The monoisotopic (exact) mass is 578 g/mol. The highest BCUT2D eigenvalue weighted by atomic mass is 35.5. The average molecular weight is 579 g/mol. The van der Waals surface area contributed by atoms with Crippen molar-refractivity contribution in [3.05, 3.63) is 89.5 Å². The number of allylic oxidation sites excluding steroid dienone is 3. The van der Waals surface area contributed by atoms with Crippen LogP contribution >= 0.6 is 23.2 Å². The maximum Gasteiger partial charge on any atom is 0.253 e. The number of para-hydroxylation sites is 1. The number of benzene rings is 2. The molecule has 0 spiro atoms. The molecule has 1 saturated carbocycles. The van der Waals surface area contributed by atoms with Crippen LogP contribution in [-0.4, -0.2) is 55.3 Å². The molecule has 2 aliphatic heterocycles. The quantitative estimate of drug-likeness (QED) is 0.324. The summed E-state index contributed by atoms with van der Waals surface area (Å²) in [5, 5.41) is 11.4. The van der Waals surface area contributed by atoms with Crippen LogP contribution in [0.4, 0.5) is 0 Å². The van der Waals surface area contributed by atoms with Gasteiger partial charge in [-0.15, -0.1) is 29.8 Å². The number of hydrogen-bond acceptors (Lipinski definition) is 5. The number of phenolic OH excluding ortho intramolecular Hbond substituents is 1. The Morgan fingerprint density at radius 2 is 1.73 bits per heavy atom. The lowest BCUT2D eigenvalue weighted by Gasteiger charge is -2.50. The molecule has 0 radical (unpaired) electrons. The summed E-state index contributed by atoms with van der Waals surface area (Å²) in [7, 11) is 1.34. The maximum atomic E-state index is 13.9. The van der Waals surface area contributed by atoms with Gasteiger partial charge in [0.2, 0.25) is 11.8 Å². The van der Waals surface area contributed by atoms with Gasteiger partial charge in [0.05, 0.1) is 18.4 Å². The smallest absolute Gasteiger partial charge is 0.253 e. The Bertz CT molecular complexity index is 1510. The number of carbonyl (C=O) groups excluding carboxylic acids is 4. The summed E-state index contributed by atoms with van der Waals surface area (Å²) in [6.07, 6.45) is 4.08. The van der Waals surface area contributed by atoms with E-state index < -0.39 is 45.2 Å². The molecule has 2 aliphatic carbocycles. The molecule has 1 N–H and O–H groups in total. The predicted molar refractivity (Wildman–Crippen MR) is 149 cm³/mol. The highest BCUT2D eigenvalue weighted by molar-refractivity contribution is 6.53. The number of rotatable bonds is 5. The third-order valence-electron chi connectivity index (χ3n) is 9.12. The summed E-state index contributed by atoms with van der Waals surface area (Å²) in [5.74, 6) is -4.97. The first kappa shape index (κ1) is 26.8. The molecule has 3 fully saturated rings. The van der Waals surface area contributed by atoms with Crippen LogP contribution in [0.5, 0.6) is 5.75 Å². The largest absolute Gasteiger partial charge is 0.507 e. The molecule has 6 rings (SSSR count). The van der Waals surface area contributed by atoms with Crippen molar-refractivity contribution in [2.24, 2.45) is 17.8 Å². The molecule has 206 valence electrons. The first-order valence-corrected chi connectivity index (χ1v) is 14.0.